The Labute approximate surface area is 121 Å². The van der Waals surface area contributed by atoms with Crippen LogP contribution in [0.3, 0.4) is 0 Å². The predicted octanol–water partition coefficient (Wildman–Crippen LogP) is 2.48. The van der Waals surface area contributed by atoms with Crippen molar-refractivity contribution in [1.82, 2.24) is 4.98 Å². The second-order valence-electron chi connectivity index (χ2n) is 4.45. The molecule has 0 saturated carbocycles. The average molecular weight is 290 g/mol. The number of rotatable bonds is 4. The quantitative estimate of drug-likeness (QED) is 0.691. The molecule has 1 heterocycles. The molecule has 0 aliphatic carbocycles. The molecule has 1 aromatic heterocycles. The molecule has 110 valence electrons. The van der Waals surface area contributed by atoms with Crippen LogP contribution >= 0.6 is 0 Å². The second kappa shape index (κ2) is 6.21. The highest BCUT2D eigenvalue weighted by Crippen LogP contribution is 2.16. The van der Waals surface area contributed by atoms with Crippen LogP contribution in [0.4, 0.5) is 10.1 Å². The number of ether oxygens (including phenoxy) is 2. The zero-order valence-electron chi connectivity index (χ0n) is 11.7. The summed E-state index contributed by atoms with van der Waals surface area (Å²) in [4.78, 5) is 16.1. The van der Waals surface area contributed by atoms with E-state index in [1.165, 1.54) is 12.1 Å². The van der Waals surface area contributed by atoms with Crippen LogP contribution in [0.15, 0.2) is 30.3 Å². The van der Waals surface area contributed by atoms with Gasteiger partial charge in [-0.05, 0) is 25.1 Å². The van der Waals surface area contributed by atoms with Gasteiger partial charge in [-0.3, -0.25) is 4.98 Å². The minimum absolute atomic E-state index is 0.00580. The Hall–Kier alpha value is -2.63. The molecule has 0 spiro atoms. The number of esters is 1. The number of hydrogen-bond donors (Lipinski definition) is 1. The number of benzene rings is 1. The standard InChI is InChI=1S/C15H15FN2O3/c1-9-5-12(20-2)7-11(18-9)8-21-15(19)10-3-4-13(16)14(17)6-10/h3-7H,8,17H2,1-2H3. The number of aromatic nitrogens is 1. The average Bonchev–Trinajstić information content (AvgIpc) is 2.47. The molecule has 0 aliphatic heterocycles. The molecule has 2 aromatic rings. The highest BCUT2D eigenvalue weighted by Gasteiger charge is 2.11. The number of halogens is 1. The van der Waals surface area contributed by atoms with Gasteiger partial charge in [0.1, 0.15) is 18.2 Å². The van der Waals surface area contributed by atoms with Crippen LogP contribution in [0.5, 0.6) is 5.75 Å². The normalized spacial score (nSPS) is 10.2. The topological polar surface area (TPSA) is 74.4 Å². The van der Waals surface area contributed by atoms with E-state index in [0.717, 1.165) is 11.8 Å². The number of carbonyl (C=O) groups excluding carboxylic acids is 1. The lowest BCUT2D eigenvalue weighted by Gasteiger charge is -2.08. The molecule has 6 heteroatoms. The maximum atomic E-state index is 13.0. The molecule has 2 N–H and O–H groups in total. The van der Waals surface area contributed by atoms with Crippen LogP contribution in [0, 0.1) is 12.7 Å². The molecule has 5 nitrogen and oxygen atoms in total. The molecule has 0 amide bonds. The first kappa shape index (κ1) is 14.8. The van der Waals surface area contributed by atoms with Gasteiger partial charge >= 0.3 is 5.97 Å². The lowest BCUT2D eigenvalue weighted by molar-refractivity contribution is 0.0467. The highest BCUT2D eigenvalue weighted by molar-refractivity contribution is 5.90. The van der Waals surface area contributed by atoms with Crippen molar-refractivity contribution in [2.75, 3.05) is 12.8 Å². The van der Waals surface area contributed by atoms with Gasteiger partial charge in [-0.1, -0.05) is 0 Å². The summed E-state index contributed by atoms with van der Waals surface area (Å²) in [6.45, 7) is 1.81. The van der Waals surface area contributed by atoms with Crippen LogP contribution in [-0.4, -0.2) is 18.1 Å². The number of nitrogen functional groups attached to an aromatic ring is 1. The van der Waals surface area contributed by atoms with Gasteiger partial charge in [0.05, 0.1) is 24.1 Å². The van der Waals surface area contributed by atoms with Gasteiger partial charge in [0.25, 0.3) is 0 Å². The summed E-state index contributed by atoms with van der Waals surface area (Å²) in [6.07, 6.45) is 0. The predicted molar refractivity (Wildman–Crippen MR) is 75.5 cm³/mol. The van der Waals surface area contributed by atoms with E-state index in [2.05, 4.69) is 4.98 Å². The summed E-state index contributed by atoms with van der Waals surface area (Å²) in [7, 11) is 1.55. The van der Waals surface area contributed by atoms with E-state index in [0.29, 0.717) is 11.4 Å². The molecule has 21 heavy (non-hydrogen) atoms. The summed E-state index contributed by atoms with van der Waals surface area (Å²) >= 11 is 0. The van der Waals surface area contributed by atoms with Gasteiger partial charge in [0.2, 0.25) is 0 Å². The van der Waals surface area contributed by atoms with E-state index in [9.17, 15) is 9.18 Å². The monoisotopic (exact) mass is 290 g/mol. The van der Waals surface area contributed by atoms with Gasteiger partial charge in [0, 0.05) is 17.8 Å². The number of methoxy groups -OCH3 is 1. The summed E-state index contributed by atoms with van der Waals surface area (Å²) in [5.41, 5.74) is 6.82. The van der Waals surface area contributed by atoms with E-state index >= 15 is 0 Å². The number of nitrogens with zero attached hydrogens (tertiary/aromatic N) is 1. The zero-order valence-corrected chi connectivity index (χ0v) is 11.7. The molecular formula is C15H15FN2O3. The van der Waals surface area contributed by atoms with E-state index in [1.54, 1.807) is 19.2 Å². The third-order valence-electron chi connectivity index (χ3n) is 2.80. The molecule has 0 bridgehead atoms. The SMILES string of the molecule is COc1cc(C)nc(COC(=O)c2ccc(F)c(N)c2)c1. The van der Waals surface area contributed by atoms with Crippen molar-refractivity contribution in [3.8, 4) is 5.75 Å². The van der Waals surface area contributed by atoms with Gasteiger partial charge in [-0.25, -0.2) is 9.18 Å². The van der Waals surface area contributed by atoms with Crippen LogP contribution in [-0.2, 0) is 11.3 Å². The Morgan fingerprint density at radius 1 is 1.33 bits per heavy atom. The molecular weight excluding hydrogens is 275 g/mol. The van der Waals surface area contributed by atoms with Crippen LogP contribution in [0.2, 0.25) is 0 Å². The van der Waals surface area contributed by atoms with E-state index in [4.69, 9.17) is 15.2 Å². The summed E-state index contributed by atoms with van der Waals surface area (Å²) < 4.78 is 23.3. The van der Waals surface area contributed by atoms with Crippen LogP contribution < -0.4 is 10.5 Å². The Morgan fingerprint density at radius 3 is 2.76 bits per heavy atom. The maximum absolute atomic E-state index is 13.0. The van der Waals surface area contributed by atoms with E-state index in [-0.39, 0.29) is 17.9 Å². The van der Waals surface area contributed by atoms with Crippen molar-refractivity contribution in [1.29, 1.82) is 0 Å². The number of anilines is 1. The maximum Gasteiger partial charge on any atom is 0.338 e. The minimum atomic E-state index is -0.594. The lowest BCUT2D eigenvalue weighted by Crippen LogP contribution is -2.07. The van der Waals surface area contributed by atoms with E-state index in [1.807, 2.05) is 6.92 Å². The molecule has 2 rings (SSSR count). The molecule has 1 aromatic carbocycles. The van der Waals surface area contributed by atoms with Crippen molar-refractivity contribution < 1.29 is 18.7 Å². The van der Waals surface area contributed by atoms with Crippen LogP contribution in [0.1, 0.15) is 21.7 Å². The third kappa shape index (κ3) is 3.68. The van der Waals surface area contributed by atoms with Gasteiger partial charge in [-0.2, -0.15) is 0 Å². The largest absolute Gasteiger partial charge is 0.497 e. The number of pyridine rings is 1. The molecule has 0 radical (unpaired) electrons. The summed E-state index contributed by atoms with van der Waals surface area (Å²) in [5.74, 6) is -0.528. The summed E-state index contributed by atoms with van der Waals surface area (Å²) in [5, 5.41) is 0. The third-order valence-corrected chi connectivity index (χ3v) is 2.80. The van der Waals surface area contributed by atoms with Crippen molar-refractivity contribution in [3.05, 3.63) is 53.1 Å². The van der Waals surface area contributed by atoms with Gasteiger partial charge in [-0.15, -0.1) is 0 Å². The first-order valence-corrected chi connectivity index (χ1v) is 6.23. The Bertz CT molecular complexity index is 674. The number of nitrogens with two attached hydrogens (primary N) is 1. The van der Waals surface area contributed by atoms with Gasteiger partial charge < -0.3 is 15.2 Å². The smallest absolute Gasteiger partial charge is 0.338 e. The lowest BCUT2D eigenvalue weighted by atomic mass is 10.2. The first-order chi connectivity index (χ1) is 9.99. The highest BCUT2D eigenvalue weighted by atomic mass is 19.1. The molecule has 0 unspecified atom stereocenters. The Balaban J connectivity index is 2.07. The van der Waals surface area contributed by atoms with Crippen molar-refractivity contribution in [2.24, 2.45) is 0 Å². The number of aryl methyl sites for hydroxylation is 1. The summed E-state index contributed by atoms with van der Waals surface area (Å²) in [6, 6.07) is 7.13. The zero-order chi connectivity index (χ0) is 15.4. The molecule has 0 aliphatic rings. The fourth-order valence-corrected chi connectivity index (χ4v) is 1.79. The molecule has 0 saturated heterocycles. The Kier molecular flexibility index (Phi) is 4.37. The first-order valence-electron chi connectivity index (χ1n) is 6.23. The van der Waals surface area contributed by atoms with Gasteiger partial charge in [0.15, 0.2) is 0 Å². The van der Waals surface area contributed by atoms with Crippen molar-refractivity contribution in [3.63, 3.8) is 0 Å². The Morgan fingerprint density at radius 2 is 2.10 bits per heavy atom. The second-order valence-corrected chi connectivity index (χ2v) is 4.45. The minimum Gasteiger partial charge on any atom is -0.497 e. The fraction of sp³-hybridized carbons (Fsp3) is 0.200. The number of carbonyl (C=O) groups is 1. The fourth-order valence-electron chi connectivity index (χ4n) is 1.79. The number of hydrogen-bond acceptors (Lipinski definition) is 5. The molecule has 0 atom stereocenters. The van der Waals surface area contributed by atoms with Crippen molar-refractivity contribution in [2.45, 2.75) is 13.5 Å². The van der Waals surface area contributed by atoms with Crippen molar-refractivity contribution >= 4 is 11.7 Å². The van der Waals surface area contributed by atoms with Crippen LogP contribution in [0.25, 0.3) is 0 Å². The molecule has 0 fully saturated rings. The van der Waals surface area contributed by atoms with E-state index < -0.39 is 11.8 Å².